The van der Waals surface area contributed by atoms with Crippen LogP contribution in [0.2, 0.25) is 5.02 Å². The highest BCUT2D eigenvalue weighted by atomic mass is 35.5. The highest BCUT2D eigenvalue weighted by Gasteiger charge is 2.29. The summed E-state index contributed by atoms with van der Waals surface area (Å²) in [5.74, 6) is -1.36. The van der Waals surface area contributed by atoms with Gasteiger partial charge in [0, 0.05) is 21.0 Å². The normalized spacial score (nSPS) is 15.2. The Morgan fingerprint density at radius 1 is 1.10 bits per heavy atom. The second-order valence-electron chi connectivity index (χ2n) is 6.68. The van der Waals surface area contributed by atoms with Crippen LogP contribution in [-0.2, 0) is 19.1 Å². The summed E-state index contributed by atoms with van der Waals surface area (Å²) in [4.78, 5) is 37.5. The average molecular weight is 441 g/mol. The van der Waals surface area contributed by atoms with E-state index in [4.69, 9.17) is 16.3 Å². The van der Waals surface area contributed by atoms with Crippen molar-refractivity contribution in [2.75, 3.05) is 17.2 Å². The third-order valence-corrected chi connectivity index (χ3v) is 6.05. The van der Waals surface area contributed by atoms with Crippen LogP contribution in [0.15, 0.2) is 65.6 Å². The lowest BCUT2D eigenvalue weighted by Gasteiger charge is -2.23. The number of fused-ring (bicyclic) bond motifs is 2. The Morgan fingerprint density at radius 2 is 1.90 bits per heavy atom. The Labute approximate surface area is 181 Å². The molecule has 1 aliphatic rings. The van der Waals surface area contributed by atoms with Crippen molar-refractivity contribution in [2.24, 2.45) is 0 Å². The van der Waals surface area contributed by atoms with Gasteiger partial charge in [-0.2, -0.15) is 0 Å². The standard InChI is InChI=1S/C22H17ClN2O4S/c23-14-8-9-18-17(10-14)25-22(28)19(30-18)11-21(27)29-12-20(26)24-16-7-3-5-13-4-1-2-6-15(13)16/h1-10,19H,11-12H2,(H,24,26)(H,25,28). The Morgan fingerprint density at radius 3 is 2.77 bits per heavy atom. The molecule has 30 heavy (non-hydrogen) atoms. The first kappa shape index (κ1) is 20.3. The third-order valence-electron chi connectivity index (χ3n) is 4.54. The maximum Gasteiger partial charge on any atom is 0.307 e. The van der Waals surface area contributed by atoms with Gasteiger partial charge in [0.05, 0.1) is 17.4 Å². The van der Waals surface area contributed by atoms with Crippen LogP contribution < -0.4 is 10.6 Å². The second kappa shape index (κ2) is 8.77. The summed E-state index contributed by atoms with van der Waals surface area (Å²) < 4.78 is 5.08. The Balaban J connectivity index is 1.32. The van der Waals surface area contributed by atoms with E-state index in [0.29, 0.717) is 16.4 Å². The van der Waals surface area contributed by atoms with Gasteiger partial charge in [-0.05, 0) is 29.7 Å². The molecule has 0 saturated carbocycles. The van der Waals surface area contributed by atoms with Crippen LogP contribution >= 0.6 is 23.4 Å². The molecule has 0 fully saturated rings. The Kier molecular flexibility index (Phi) is 5.92. The molecule has 2 amide bonds. The van der Waals surface area contributed by atoms with Gasteiger partial charge in [0.15, 0.2) is 6.61 Å². The van der Waals surface area contributed by atoms with Crippen LogP contribution in [0.1, 0.15) is 6.42 Å². The number of nitrogens with one attached hydrogen (secondary N) is 2. The molecule has 152 valence electrons. The van der Waals surface area contributed by atoms with E-state index in [-0.39, 0.29) is 12.3 Å². The number of thioether (sulfide) groups is 1. The number of amides is 2. The van der Waals surface area contributed by atoms with Crippen LogP contribution in [0.25, 0.3) is 10.8 Å². The number of hydrogen-bond donors (Lipinski definition) is 2. The van der Waals surface area contributed by atoms with Crippen molar-refractivity contribution < 1.29 is 19.1 Å². The molecule has 8 heteroatoms. The van der Waals surface area contributed by atoms with Crippen LogP contribution in [-0.4, -0.2) is 29.6 Å². The summed E-state index contributed by atoms with van der Waals surface area (Å²) in [7, 11) is 0. The molecule has 2 N–H and O–H groups in total. The highest BCUT2D eigenvalue weighted by molar-refractivity contribution is 8.01. The largest absolute Gasteiger partial charge is 0.456 e. The van der Waals surface area contributed by atoms with Crippen LogP contribution in [0, 0.1) is 0 Å². The zero-order valence-corrected chi connectivity index (χ0v) is 17.3. The molecule has 0 saturated heterocycles. The van der Waals surface area contributed by atoms with Crippen molar-refractivity contribution in [3.63, 3.8) is 0 Å². The first-order chi connectivity index (χ1) is 14.5. The molecule has 1 atom stereocenters. The van der Waals surface area contributed by atoms with Crippen molar-refractivity contribution in [1.29, 1.82) is 0 Å². The van der Waals surface area contributed by atoms with E-state index >= 15 is 0 Å². The maximum atomic E-state index is 12.2. The minimum Gasteiger partial charge on any atom is -0.456 e. The molecule has 1 unspecified atom stereocenters. The molecule has 6 nitrogen and oxygen atoms in total. The number of esters is 1. The molecular weight excluding hydrogens is 424 g/mol. The lowest BCUT2D eigenvalue weighted by Crippen LogP contribution is -2.32. The van der Waals surface area contributed by atoms with Gasteiger partial charge in [0.1, 0.15) is 0 Å². The summed E-state index contributed by atoms with van der Waals surface area (Å²) in [6.07, 6.45) is -0.139. The van der Waals surface area contributed by atoms with E-state index in [9.17, 15) is 14.4 Å². The predicted molar refractivity (Wildman–Crippen MR) is 118 cm³/mol. The first-order valence-corrected chi connectivity index (χ1v) is 10.5. The molecule has 0 spiro atoms. The monoisotopic (exact) mass is 440 g/mol. The lowest BCUT2D eigenvalue weighted by molar-refractivity contribution is -0.147. The minimum absolute atomic E-state index is 0.139. The molecule has 1 aliphatic heterocycles. The fraction of sp³-hybridized carbons (Fsp3) is 0.136. The molecular formula is C22H17ClN2O4S. The molecule has 0 radical (unpaired) electrons. The summed E-state index contributed by atoms with van der Waals surface area (Å²) in [5.41, 5.74) is 1.27. The summed E-state index contributed by atoms with van der Waals surface area (Å²) in [6, 6.07) is 18.4. The van der Waals surface area contributed by atoms with Gasteiger partial charge in [-0.3, -0.25) is 14.4 Å². The molecule has 0 aliphatic carbocycles. The smallest absolute Gasteiger partial charge is 0.307 e. The molecule has 4 rings (SSSR count). The fourth-order valence-electron chi connectivity index (χ4n) is 3.13. The number of hydrogen-bond acceptors (Lipinski definition) is 5. The van der Waals surface area contributed by atoms with Gasteiger partial charge in [-0.1, -0.05) is 48.0 Å². The number of anilines is 2. The summed E-state index contributed by atoms with van der Waals surface area (Å²) in [5, 5.41) is 7.28. The van der Waals surface area contributed by atoms with E-state index in [1.165, 1.54) is 11.8 Å². The van der Waals surface area contributed by atoms with Gasteiger partial charge in [-0.15, -0.1) is 11.8 Å². The maximum absolute atomic E-state index is 12.2. The van der Waals surface area contributed by atoms with E-state index < -0.39 is 23.7 Å². The number of carbonyl (C=O) groups is 3. The topological polar surface area (TPSA) is 84.5 Å². The van der Waals surface area contributed by atoms with E-state index in [1.54, 1.807) is 24.3 Å². The fourth-order valence-corrected chi connectivity index (χ4v) is 4.38. The zero-order valence-electron chi connectivity index (χ0n) is 15.7. The number of halogens is 1. The van der Waals surface area contributed by atoms with Gasteiger partial charge < -0.3 is 15.4 Å². The number of ether oxygens (including phenoxy) is 1. The molecule has 3 aromatic rings. The van der Waals surface area contributed by atoms with Gasteiger partial charge in [0.25, 0.3) is 5.91 Å². The third kappa shape index (κ3) is 4.58. The Hall–Kier alpha value is -3.03. The van der Waals surface area contributed by atoms with Gasteiger partial charge >= 0.3 is 5.97 Å². The van der Waals surface area contributed by atoms with Crippen molar-refractivity contribution in [3.05, 3.63) is 65.7 Å². The summed E-state index contributed by atoms with van der Waals surface area (Å²) >= 11 is 7.20. The van der Waals surface area contributed by atoms with Crippen LogP contribution in [0.3, 0.4) is 0 Å². The quantitative estimate of drug-likeness (QED) is 0.571. The minimum atomic E-state index is -0.632. The van der Waals surface area contributed by atoms with Crippen molar-refractivity contribution in [2.45, 2.75) is 16.6 Å². The van der Waals surface area contributed by atoms with Crippen LogP contribution in [0.5, 0.6) is 0 Å². The first-order valence-electron chi connectivity index (χ1n) is 9.20. The highest BCUT2D eigenvalue weighted by Crippen LogP contribution is 2.38. The molecule has 0 bridgehead atoms. The number of carbonyl (C=O) groups excluding carboxylic acids is 3. The van der Waals surface area contributed by atoms with E-state index in [2.05, 4.69) is 10.6 Å². The number of benzene rings is 3. The SMILES string of the molecule is O=C(COC(=O)CC1Sc2ccc(Cl)cc2NC1=O)Nc1cccc2ccccc12. The lowest BCUT2D eigenvalue weighted by atomic mass is 10.1. The van der Waals surface area contributed by atoms with Crippen molar-refractivity contribution in [3.8, 4) is 0 Å². The van der Waals surface area contributed by atoms with Gasteiger partial charge in [-0.25, -0.2) is 0 Å². The van der Waals surface area contributed by atoms with E-state index in [1.807, 2.05) is 36.4 Å². The van der Waals surface area contributed by atoms with Crippen molar-refractivity contribution >= 4 is 63.3 Å². The van der Waals surface area contributed by atoms with Crippen LogP contribution in [0.4, 0.5) is 11.4 Å². The second-order valence-corrected chi connectivity index (χ2v) is 8.36. The zero-order chi connectivity index (χ0) is 21.1. The molecule has 0 aromatic heterocycles. The average Bonchev–Trinajstić information content (AvgIpc) is 2.73. The van der Waals surface area contributed by atoms with Gasteiger partial charge in [0.2, 0.25) is 5.91 Å². The number of rotatable bonds is 5. The predicted octanol–water partition coefficient (Wildman–Crippen LogP) is 4.48. The van der Waals surface area contributed by atoms with E-state index in [0.717, 1.165) is 15.7 Å². The molecule has 3 aromatic carbocycles. The summed E-state index contributed by atoms with van der Waals surface area (Å²) in [6.45, 7) is -0.423. The molecule has 1 heterocycles. The van der Waals surface area contributed by atoms with Crippen molar-refractivity contribution in [1.82, 2.24) is 0 Å². The Bertz CT molecular complexity index is 1150.